The predicted molar refractivity (Wildman–Crippen MR) is 113 cm³/mol. The summed E-state index contributed by atoms with van der Waals surface area (Å²) in [4.78, 5) is 43.6. The molecule has 0 spiro atoms. The van der Waals surface area contributed by atoms with E-state index in [0.717, 1.165) is 42.3 Å². The van der Waals surface area contributed by atoms with Gasteiger partial charge in [-0.3, -0.25) is 19.0 Å². The number of nitrogens with zero attached hydrogens (tertiary/aromatic N) is 2. The third-order valence-corrected chi connectivity index (χ3v) is 7.02. The summed E-state index contributed by atoms with van der Waals surface area (Å²) < 4.78 is 1.53. The summed E-state index contributed by atoms with van der Waals surface area (Å²) in [7, 11) is 1.70. The first kappa shape index (κ1) is 20.9. The number of carbonyl (C=O) groups is 2. The molecule has 1 aliphatic carbocycles. The maximum Gasteiger partial charge on any atom is 0.262 e. The van der Waals surface area contributed by atoms with E-state index >= 15 is 0 Å². The first-order valence-corrected chi connectivity index (χ1v) is 11.4. The molecule has 0 aromatic carbocycles. The van der Waals surface area contributed by atoms with Crippen LogP contribution in [-0.4, -0.2) is 39.7 Å². The van der Waals surface area contributed by atoms with Gasteiger partial charge in [-0.2, -0.15) is 0 Å². The average Bonchev–Trinajstić information content (AvgIpc) is 3.06. The fraction of sp³-hybridized carbons (Fsp3) is 0.579. The second kappa shape index (κ2) is 9.09. The van der Waals surface area contributed by atoms with E-state index in [2.05, 4.69) is 15.6 Å². The van der Waals surface area contributed by atoms with Crippen LogP contribution in [0.5, 0.6) is 0 Å². The molecule has 0 unspecified atom stereocenters. The molecule has 0 saturated carbocycles. The minimum atomic E-state index is -0.595. The fourth-order valence-electron chi connectivity index (χ4n) is 3.28. The van der Waals surface area contributed by atoms with Crippen molar-refractivity contribution < 1.29 is 9.59 Å². The molecule has 0 saturated heterocycles. The van der Waals surface area contributed by atoms with Gasteiger partial charge in [0.05, 0.1) is 11.1 Å². The minimum Gasteiger partial charge on any atom is -0.354 e. The van der Waals surface area contributed by atoms with Crippen molar-refractivity contribution >= 4 is 45.1 Å². The lowest BCUT2D eigenvalue weighted by Gasteiger charge is -2.14. The number of amides is 2. The second-order valence-corrected chi connectivity index (χ2v) is 9.04. The molecule has 2 aromatic heterocycles. The normalized spacial score (nSPS) is 14.5. The van der Waals surface area contributed by atoms with Gasteiger partial charge in [-0.15, -0.1) is 11.3 Å². The van der Waals surface area contributed by atoms with Crippen LogP contribution in [0.3, 0.4) is 0 Å². The summed E-state index contributed by atoms with van der Waals surface area (Å²) in [6.07, 6.45) is 5.08. The van der Waals surface area contributed by atoms with Crippen molar-refractivity contribution in [1.82, 2.24) is 20.2 Å². The van der Waals surface area contributed by atoms with E-state index in [1.165, 1.54) is 26.8 Å². The van der Waals surface area contributed by atoms with Crippen molar-refractivity contribution in [3.63, 3.8) is 0 Å². The molecular weight excluding hydrogens is 396 g/mol. The number of thioether (sulfide) groups is 1. The zero-order valence-electron chi connectivity index (χ0n) is 16.5. The zero-order chi connectivity index (χ0) is 20.3. The van der Waals surface area contributed by atoms with E-state index in [1.54, 1.807) is 25.3 Å². The second-order valence-electron chi connectivity index (χ2n) is 7.02. The molecule has 2 N–H and O–H groups in total. The molecule has 152 valence electrons. The van der Waals surface area contributed by atoms with Crippen molar-refractivity contribution in [3.8, 4) is 0 Å². The van der Waals surface area contributed by atoms with Gasteiger partial charge >= 0.3 is 0 Å². The maximum atomic E-state index is 12.9. The lowest BCUT2D eigenvalue weighted by Crippen LogP contribution is -2.45. The highest BCUT2D eigenvalue weighted by Gasteiger charge is 2.22. The number of rotatable bonds is 7. The molecular formula is C19H26N4O3S2. The Balaban J connectivity index is 1.69. The number of nitrogens with one attached hydrogen (secondary N) is 2. The van der Waals surface area contributed by atoms with Gasteiger partial charge in [0.15, 0.2) is 5.16 Å². The van der Waals surface area contributed by atoms with Crippen LogP contribution >= 0.6 is 23.1 Å². The number of carbonyl (C=O) groups excluding carboxylic acids is 2. The molecule has 28 heavy (non-hydrogen) atoms. The van der Waals surface area contributed by atoms with Gasteiger partial charge in [-0.25, -0.2) is 4.98 Å². The van der Waals surface area contributed by atoms with Gasteiger partial charge in [-0.1, -0.05) is 18.7 Å². The zero-order valence-corrected chi connectivity index (χ0v) is 18.1. The highest BCUT2D eigenvalue weighted by molar-refractivity contribution is 7.99. The van der Waals surface area contributed by atoms with Gasteiger partial charge in [-0.05, 0) is 44.6 Å². The summed E-state index contributed by atoms with van der Waals surface area (Å²) in [6.45, 7) is 4.21. The molecule has 3 rings (SSSR count). The number of hydrogen-bond donors (Lipinski definition) is 2. The number of thiophene rings is 1. The molecule has 2 heterocycles. The van der Waals surface area contributed by atoms with Crippen LogP contribution < -0.4 is 16.2 Å². The first-order valence-electron chi connectivity index (χ1n) is 9.63. The van der Waals surface area contributed by atoms with E-state index in [0.29, 0.717) is 11.7 Å². The van der Waals surface area contributed by atoms with Crippen LogP contribution in [0.4, 0.5) is 0 Å². The Morgan fingerprint density at radius 2 is 2.07 bits per heavy atom. The average molecular weight is 423 g/mol. The Morgan fingerprint density at radius 1 is 1.32 bits per heavy atom. The highest BCUT2D eigenvalue weighted by atomic mass is 32.2. The van der Waals surface area contributed by atoms with Crippen LogP contribution in [0.2, 0.25) is 0 Å². The number of aromatic nitrogens is 2. The topological polar surface area (TPSA) is 93.1 Å². The van der Waals surface area contributed by atoms with Gasteiger partial charge in [0, 0.05) is 18.5 Å². The van der Waals surface area contributed by atoms with Crippen LogP contribution in [-0.2, 0) is 29.5 Å². The molecule has 9 heteroatoms. The SMILES string of the molecule is CCCNC(=O)[C@@H](C)NC(=O)CSc1nc2sc3c(c2c(=O)n1C)CCCC3. The third-order valence-electron chi connectivity index (χ3n) is 4.81. The third kappa shape index (κ3) is 4.41. The Morgan fingerprint density at radius 3 is 2.82 bits per heavy atom. The molecule has 7 nitrogen and oxygen atoms in total. The Bertz CT molecular complexity index is 951. The quantitative estimate of drug-likeness (QED) is 0.526. The monoisotopic (exact) mass is 422 g/mol. The van der Waals surface area contributed by atoms with Crippen molar-refractivity contribution in [2.24, 2.45) is 7.05 Å². The molecule has 0 bridgehead atoms. The largest absolute Gasteiger partial charge is 0.354 e. The Labute approximate surface area is 172 Å². The van der Waals surface area contributed by atoms with E-state index < -0.39 is 6.04 Å². The van der Waals surface area contributed by atoms with E-state index in [-0.39, 0.29) is 23.1 Å². The molecule has 1 atom stereocenters. The van der Waals surface area contributed by atoms with Crippen molar-refractivity contribution in [1.29, 1.82) is 0 Å². The minimum absolute atomic E-state index is 0.0420. The summed E-state index contributed by atoms with van der Waals surface area (Å²) in [6, 6.07) is -0.595. The van der Waals surface area contributed by atoms with Crippen LogP contribution in [0.15, 0.2) is 9.95 Å². The van der Waals surface area contributed by atoms with Gasteiger partial charge in [0.2, 0.25) is 11.8 Å². The molecule has 0 radical (unpaired) electrons. The highest BCUT2D eigenvalue weighted by Crippen LogP contribution is 2.34. The maximum absolute atomic E-state index is 12.9. The van der Waals surface area contributed by atoms with Gasteiger partial charge in [0.25, 0.3) is 5.56 Å². The molecule has 0 fully saturated rings. The number of hydrogen-bond acceptors (Lipinski definition) is 6. The first-order chi connectivity index (χ1) is 13.4. The lowest BCUT2D eigenvalue weighted by atomic mass is 9.97. The summed E-state index contributed by atoms with van der Waals surface area (Å²) >= 11 is 2.82. The molecule has 1 aliphatic rings. The number of fused-ring (bicyclic) bond motifs is 3. The molecule has 0 aliphatic heterocycles. The fourth-order valence-corrected chi connectivity index (χ4v) is 5.36. The Kier molecular flexibility index (Phi) is 6.77. The molecule has 2 aromatic rings. The number of aryl methyl sites for hydroxylation is 2. The standard InChI is InChI=1S/C19H26N4O3S2/c1-4-9-20-16(25)11(2)21-14(24)10-27-19-22-17-15(18(26)23(19)3)12-7-5-6-8-13(12)28-17/h11H,4-10H2,1-3H3,(H,20,25)(H,21,24)/t11-/m1/s1. The summed E-state index contributed by atoms with van der Waals surface area (Å²) in [5.74, 6) is -0.359. The lowest BCUT2D eigenvalue weighted by molar-refractivity contribution is -0.127. The van der Waals surface area contributed by atoms with Crippen LogP contribution in [0.25, 0.3) is 10.2 Å². The Hall–Kier alpha value is -1.87. The van der Waals surface area contributed by atoms with Gasteiger partial charge in [0.1, 0.15) is 10.9 Å². The van der Waals surface area contributed by atoms with E-state index in [4.69, 9.17) is 0 Å². The smallest absolute Gasteiger partial charge is 0.262 e. The van der Waals surface area contributed by atoms with E-state index in [1.807, 2.05) is 6.92 Å². The van der Waals surface area contributed by atoms with Crippen molar-refractivity contribution in [3.05, 3.63) is 20.8 Å². The summed E-state index contributed by atoms with van der Waals surface area (Å²) in [5, 5.41) is 6.71. The van der Waals surface area contributed by atoms with E-state index in [9.17, 15) is 14.4 Å². The van der Waals surface area contributed by atoms with Crippen molar-refractivity contribution in [2.45, 2.75) is 57.1 Å². The van der Waals surface area contributed by atoms with Crippen molar-refractivity contribution in [2.75, 3.05) is 12.3 Å². The van der Waals surface area contributed by atoms with Crippen LogP contribution in [0.1, 0.15) is 43.6 Å². The predicted octanol–water partition coefficient (Wildman–Crippen LogP) is 2.00. The summed E-state index contributed by atoms with van der Waals surface area (Å²) in [5.41, 5.74) is 1.13. The molecule has 2 amide bonds. The van der Waals surface area contributed by atoms with Crippen LogP contribution in [0, 0.1) is 0 Å². The van der Waals surface area contributed by atoms with Gasteiger partial charge < -0.3 is 10.6 Å².